The highest BCUT2D eigenvalue weighted by Crippen LogP contribution is 2.24. The third kappa shape index (κ3) is 3.89. The van der Waals surface area contributed by atoms with Gasteiger partial charge in [-0.1, -0.05) is 24.5 Å². The third-order valence-electron chi connectivity index (χ3n) is 5.17. The van der Waals surface area contributed by atoms with Crippen LogP contribution in [0.3, 0.4) is 0 Å². The van der Waals surface area contributed by atoms with Crippen LogP contribution in [-0.4, -0.2) is 45.5 Å². The number of hydrogen-bond acceptors (Lipinski definition) is 2. The molecule has 0 bridgehead atoms. The Labute approximate surface area is 130 Å². The summed E-state index contributed by atoms with van der Waals surface area (Å²) < 4.78 is 0. The molecule has 1 unspecified atom stereocenters. The molecule has 1 aromatic carbocycles. The Morgan fingerprint density at radius 2 is 2.14 bits per heavy atom. The number of nitrogens with one attached hydrogen (secondary N) is 1. The first kappa shape index (κ1) is 15.1. The van der Waals surface area contributed by atoms with E-state index in [2.05, 4.69) is 43.2 Å². The fraction of sp³-hybridized carbons (Fsp3) is 0.667. The average Bonchev–Trinajstić information content (AvgIpc) is 2.92. The minimum absolute atomic E-state index is 0.884. The molecule has 2 aliphatic rings. The molecular formula is C18H29BN2. The van der Waals surface area contributed by atoms with Gasteiger partial charge in [0.05, 0.1) is 0 Å². The van der Waals surface area contributed by atoms with E-state index in [0.29, 0.717) is 0 Å². The molecule has 0 spiro atoms. The van der Waals surface area contributed by atoms with E-state index in [1.54, 1.807) is 5.56 Å². The summed E-state index contributed by atoms with van der Waals surface area (Å²) in [6.07, 6.45) is 5.11. The molecular weight excluding hydrogens is 255 g/mol. The average molecular weight is 284 g/mol. The van der Waals surface area contributed by atoms with E-state index < -0.39 is 0 Å². The summed E-state index contributed by atoms with van der Waals surface area (Å²) in [5.74, 6) is 1.79. The molecule has 1 aromatic rings. The molecule has 0 radical (unpaired) electrons. The Morgan fingerprint density at radius 3 is 2.81 bits per heavy atom. The van der Waals surface area contributed by atoms with E-state index in [1.165, 1.54) is 69.4 Å². The van der Waals surface area contributed by atoms with Crippen molar-refractivity contribution in [3.8, 4) is 0 Å². The van der Waals surface area contributed by atoms with Gasteiger partial charge >= 0.3 is 0 Å². The first-order valence-electron chi connectivity index (χ1n) is 8.76. The Hall–Kier alpha value is -0.795. The third-order valence-corrected chi connectivity index (χ3v) is 5.17. The molecule has 114 valence electrons. The summed E-state index contributed by atoms with van der Waals surface area (Å²) in [7, 11) is 2.26. The molecule has 0 aliphatic carbocycles. The fourth-order valence-corrected chi connectivity index (χ4v) is 3.93. The van der Waals surface area contributed by atoms with Crippen LogP contribution in [-0.2, 0) is 12.8 Å². The topological polar surface area (TPSA) is 15.3 Å². The molecule has 2 heterocycles. The monoisotopic (exact) mass is 284 g/mol. The highest BCUT2D eigenvalue weighted by atomic mass is 15.2. The van der Waals surface area contributed by atoms with Crippen molar-refractivity contribution in [1.29, 1.82) is 0 Å². The predicted octanol–water partition coefficient (Wildman–Crippen LogP) is 1.67. The fourth-order valence-electron chi connectivity index (χ4n) is 3.93. The Balaban J connectivity index is 1.45. The summed E-state index contributed by atoms with van der Waals surface area (Å²) in [5.41, 5.74) is 4.57. The minimum Gasteiger partial charge on any atom is -0.316 e. The smallest absolute Gasteiger partial charge is 0.101 e. The van der Waals surface area contributed by atoms with Gasteiger partial charge in [0.1, 0.15) is 7.85 Å². The molecule has 0 amide bonds. The maximum Gasteiger partial charge on any atom is 0.101 e. The van der Waals surface area contributed by atoms with E-state index in [9.17, 15) is 0 Å². The van der Waals surface area contributed by atoms with Gasteiger partial charge < -0.3 is 10.2 Å². The van der Waals surface area contributed by atoms with Gasteiger partial charge in [-0.05, 0) is 67.8 Å². The first-order chi connectivity index (χ1) is 10.2. The molecule has 2 saturated heterocycles. The molecule has 0 aromatic heterocycles. The molecule has 1 atom stereocenters. The van der Waals surface area contributed by atoms with Gasteiger partial charge in [0.25, 0.3) is 0 Å². The number of likely N-dealkylation sites (tertiary alicyclic amines) is 1. The molecule has 3 heteroatoms. The lowest BCUT2D eigenvalue weighted by Gasteiger charge is -2.41. The Kier molecular flexibility index (Phi) is 5.02. The summed E-state index contributed by atoms with van der Waals surface area (Å²) >= 11 is 0. The first-order valence-corrected chi connectivity index (χ1v) is 8.76. The number of aryl methyl sites for hydroxylation is 2. The molecule has 2 aliphatic heterocycles. The predicted molar refractivity (Wildman–Crippen MR) is 92.8 cm³/mol. The van der Waals surface area contributed by atoms with Gasteiger partial charge in [0.2, 0.25) is 0 Å². The van der Waals surface area contributed by atoms with Crippen LogP contribution in [0.5, 0.6) is 0 Å². The van der Waals surface area contributed by atoms with Gasteiger partial charge in [0, 0.05) is 19.6 Å². The van der Waals surface area contributed by atoms with Crippen LogP contribution < -0.4 is 5.32 Å². The van der Waals surface area contributed by atoms with Gasteiger partial charge in [0.15, 0.2) is 0 Å². The second kappa shape index (κ2) is 6.98. The van der Waals surface area contributed by atoms with E-state index in [4.69, 9.17) is 0 Å². The standard InChI is InChI=1S/C18H29BN2/c1-14-8-15(4-6-19)2-3-18(14)9-17-12-21(13-17)11-16-5-7-20-10-16/h2-3,8,16-17,20H,4-7,9-13,19H2,1H3. The van der Waals surface area contributed by atoms with Crippen molar-refractivity contribution in [3.05, 3.63) is 34.9 Å². The summed E-state index contributed by atoms with van der Waals surface area (Å²) in [5, 5.41) is 3.47. The Morgan fingerprint density at radius 1 is 1.29 bits per heavy atom. The van der Waals surface area contributed by atoms with Crippen LogP contribution in [0.25, 0.3) is 0 Å². The lowest BCUT2D eigenvalue weighted by molar-refractivity contribution is 0.0845. The van der Waals surface area contributed by atoms with Crippen molar-refractivity contribution in [2.75, 3.05) is 32.7 Å². The van der Waals surface area contributed by atoms with E-state index >= 15 is 0 Å². The van der Waals surface area contributed by atoms with Gasteiger partial charge in [-0.2, -0.15) is 0 Å². The number of rotatable bonds is 6. The van der Waals surface area contributed by atoms with Crippen LogP contribution in [0.15, 0.2) is 18.2 Å². The lowest BCUT2D eigenvalue weighted by Crippen LogP contribution is -2.49. The lowest BCUT2D eigenvalue weighted by atomic mass is 9.88. The van der Waals surface area contributed by atoms with Crippen molar-refractivity contribution >= 4 is 7.85 Å². The number of hydrogen-bond donors (Lipinski definition) is 1. The maximum atomic E-state index is 3.47. The van der Waals surface area contributed by atoms with Crippen LogP contribution >= 0.6 is 0 Å². The molecule has 21 heavy (non-hydrogen) atoms. The summed E-state index contributed by atoms with van der Waals surface area (Å²) in [6, 6.07) is 7.12. The van der Waals surface area contributed by atoms with Crippen LogP contribution in [0, 0.1) is 18.8 Å². The summed E-state index contributed by atoms with van der Waals surface area (Å²) in [6.45, 7) is 8.69. The van der Waals surface area contributed by atoms with E-state index in [1.807, 2.05) is 0 Å². The Bertz CT molecular complexity index is 462. The number of benzene rings is 1. The normalized spacial score (nSPS) is 23.4. The van der Waals surface area contributed by atoms with Crippen molar-refractivity contribution < 1.29 is 0 Å². The SMILES string of the molecule is BCCc1ccc(CC2CN(CC3CCNC3)C2)c(C)c1. The molecule has 3 rings (SSSR count). The minimum atomic E-state index is 0.884. The molecule has 1 N–H and O–H groups in total. The van der Waals surface area contributed by atoms with Crippen LogP contribution in [0.2, 0.25) is 6.32 Å². The van der Waals surface area contributed by atoms with Crippen molar-refractivity contribution in [2.24, 2.45) is 11.8 Å². The zero-order valence-corrected chi connectivity index (χ0v) is 13.7. The number of nitrogens with zero attached hydrogens (tertiary/aromatic N) is 1. The maximum absolute atomic E-state index is 3.47. The van der Waals surface area contributed by atoms with Crippen LogP contribution in [0.4, 0.5) is 0 Å². The second-order valence-corrected chi connectivity index (χ2v) is 7.16. The van der Waals surface area contributed by atoms with Crippen molar-refractivity contribution in [1.82, 2.24) is 10.2 Å². The van der Waals surface area contributed by atoms with Gasteiger partial charge in [-0.3, -0.25) is 0 Å². The molecule has 2 fully saturated rings. The zero-order chi connectivity index (χ0) is 14.7. The van der Waals surface area contributed by atoms with Gasteiger partial charge in [-0.25, -0.2) is 0 Å². The highest BCUT2D eigenvalue weighted by molar-refractivity contribution is 6.08. The van der Waals surface area contributed by atoms with Gasteiger partial charge in [-0.15, -0.1) is 0 Å². The van der Waals surface area contributed by atoms with Crippen molar-refractivity contribution in [3.63, 3.8) is 0 Å². The quantitative estimate of drug-likeness (QED) is 0.800. The van der Waals surface area contributed by atoms with Crippen molar-refractivity contribution in [2.45, 2.75) is 32.5 Å². The highest BCUT2D eigenvalue weighted by Gasteiger charge is 2.29. The molecule has 0 saturated carbocycles. The van der Waals surface area contributed by atoms with E-state index in [-0.39, 0.29) is 0 Å². The van der Waals surface area contributed by atoms with E-state index in [0.717, 1.165) is 11.8 Å². The summed E-state index contributed by atoms with van der Waals surface area (Å²) in [4.78, 5) is 2.66. The largest absolute Gasteiger partial charge is 0.316 e. The zero-order valence-electron chi connectivity index (χ0n) is 13.7. The second-order valence-electron chi connectivity index (χ2n) is 7.16. The van der Waals surface area contributed by atoms with Crippen LogP contribution in [0.1, 0.15) is 23.1 Å². The molecule has 2 nitrogen and oxygen atoms in total.